The largest absolute Gasteiger partial charge is 0.488 e. The number of aromatic nitrogens is 1. The highest BCUT2D eigenvalue weighted by atomic mass is 16.6. The van der Waals surface area contributed by atoms with E-state index < -0.39 is 29.8 Å². The molecule has 0 bridgehead atoms. The van der Waals surface area contributed by atoms with Gasteiger partial charge in [-0.2, -0.15) is 0 Å². The van der Waals surface area contributed by atoms with Crippen molar-refractivity contribution in [2.45, 2.75) is 51.9 Å². The van der Waals surface area contributed by atoms with E-state index in [0.717, 1.165) is 17.0 Å². The van der Waals surface area contributed by atoms with Crippen LogP contribution in [-0.2, 0) is 9.53 Å². The van der Waals surface area contributed by atoms with Gasteiger partial charge in [0.25, 0.3) is 0 Å². The van der Waals surface area contributed by atoms with E-state index in [4.69, 9.17) is 9.47 Å². The molecule has 0 spiro atoms. The first-order valence-corrected chi connectivity index (χ1v) is 9.55. The number of amides is 1. The number of likely N-dealkylation sites (tertiary alicyclic amines) is 1. The normalized spacial score (nSPS) is 19.1. The molecule has 2 atom stereocenters. The van der Waals surface area contributed by atoms with Crippen molar-refractivity contribution in [1.82, 2.24) is 9.88 Å². The van der Waals surface area contributed by atoms with Gasteiger partial charge in [0.1, 0.15) is 23.5 Å². The molecular weight excluding hydrogens is 372 g/mol. The van der Waals surface area contributed by atoms with Crippen LogP contribution in [0, 0.1) is 6.92 Å². The average Bonchev–Trinajstić information content (AvgIpc) is 3.05. The van der Waals surface area contributed by atoms with Crippen LogP contribution in [0.1, 0.15) is 32.9 Å². The molecule has 3 rings (SSSR count). The van der Waals surface area contributed by atoms with E-state index in [0.29, 0.717) is 5.75 Å². The summed E-state index contributed by atoms with van der Waals surface area (Å²) < 4.78 is 11.4. The second kappa shape index (κ2) is 8.11. The minimum absolute atomic E-state index is 0.147. The molecule has 0 radical (unpaired) electrons. The number of carboxylic acids is 1. The number of rotatable bonds is 4. The summed E-state index contributed by atoms with van der Waals surface area (Å²) in [6.07, 6.45) is -0.905. The molecule has 0 saturated carbocycles. The lowest BCUT2D eigenvalue weighted by Gasteiger charge is -2.26. The second-order valence-corrected chi connectivity index (χ2v) is 8.16. The van der Waals surface area contributed by atoms with Crippen molar-refractivity contribution in [3.8, 4) is 17.0 Å². The molecule has 2 heterocycles. The van der Waals surface area contributed by atoms with E-state index >= 15 is 0 Å². The standard InChI is InChI=1S/C22H26N2O5/c1-14-10-16(11-18(23-14)15-8-6-5-7-9-15)28-17-12-19(20(25)26)24(13-17)21(27)29-22(2,3)4/h5-11,17,19H,12-13H2,1-4H3,(H,25,26). The fourth-order valence-electron chi connectivity index (χ4n) is 3.29. The highest BCUT2D eigenvalue weighted by molar-refractivity contribution is 5.81. The Labute approximate surface area is 170 Å². The van der Waals surface area contributed by atoms with E-state index in [1.165, 1.54) is 4.90 Å². The number of hydrogen-bond donors (Lipinski definition) is 1. The molecule has 0 aliphatic carbocycles. The molecule has 154 valence electrons. The van der Waals surface area contributed by atoms with Crippen LogP contribution >= 0.6 is 0 Å². The summed E-state index contributed by atoms with van der Waals surface area (Å²) in [6.45, 7) is 7.26. The minimum Gasteiger partial charge on any atom is -0.488 e. The number of carbonyl (C=O) groups excluding carboxylic acids is 1. The van der Waals surface area contributed by atoms with E-state index in [9.17, 15) is 14.7 Å². The fraction of sp³-hybridized carbons (Fsp3) is 0.409. The Bertz CT molecular complexity index is 892. The van der Waals surface area contributed by atoms with Gasteiger partial charge in [-0.15, -0.1) is 0 Å². The summed E-state index contributed by atoms with van der Waals surface area (Å²) in [5.41, 5.74) is 1.83. The Morgan fingerprint density at radius 2 is 1.86 bits per heavy atom. The van der Waals surface area contributed by atoms with E-state index in [-0.39, 0.29) is 13.0 Å². The SMILES string of the molecule is Cc1cc(OC2CC(C(=O)O)N(C(=O)OC(C)(C)C)C2)cc(-c2ccccc2)n1. The molecule has 7 heteroatoms. The molecule has 1 saturated heterocycles. The lowest BCUT2D eigenvalue weighted by molar-refractivity contribution is -0.142. The molecule has 1 fully saturated rings. The monoisotopic (exact) mass is 398 g/mol. The zero-order valence-electron chi connectivity index (χ0n) is 17.1. The van der Waals surface area contributed by atoms with Crippen molar-refractivity contribution in [2.75, 3.05) is 6.54 Å². The fourth-order valence-corrected chi connectivity index (χ4v) is 3.29. The highest BCUT2D eigenvalue weighted by Gasteiger charge is 2.42. The molecule has 29 heavy (non-hydrogen) atoms. The zero-order chi connectivity index (χ0) is 21.2. The Kier molecular flexibility index (Phi) is 5.77. The van der Waals surface area contributed by atoms with Crippen LogP contribution in [0.15, 0.2) is 42.5 Å². The van der Waals surface area contributed by atoms with Crippen LogP contribution in [0.25, 0.3) is 11.3 Å². The Morgan fingerprint density at radius 1 is 1.17 bits per heavy atom. The summed E-state index contributed by atoms with van der Waals surface area (Å²) in [7, 11) is 0. The van der Waals surface area contributed by atoms with Crippen LogP contribution in [0.3, 0.4) is 0 Å². The maximum Gasteiger partial charge on any atom is 0.411 e. The number of benzene rings is 1. The molecule has 1 N–H and O–H groups in total. The number of hydrogen-bond acceptors (Lipinski definition) is 5. The Morgan fingerprint density at radius 3 is 2.48 bits per heavy atom. The zero-order valence-corrected chi connectivity index (χ0v) is 17.1. The number of carbonyl (C=O) groups is 2. The van der Waals surface area contributed by atoms with Crippen molar-refractivity contribution >= 4 is 12.1 Å². The van der Waals surface area contributed by atoms with Crippen LogP contribution in [-0.4, -0.2) is 51.3 Å². The van der Waals surface area contributed by atoms with E-state index in [1.54, 1.807) is 26.8 Å². The number of aliphatic carboxylic acids is 1. The quantitative estimate of drug-likeness (QED) is 0.840. The molecule has 1 amide bonds. The molecular formula is C22H26N2O5. The molecule has 1 aromatic carbocycles. The summed E-state index contributed by atoms with van der Waals surface area (Å²) in [5, 5.41) is 9.54. The predicted octanol–water partition coefficient (Wildman–Crippen LogP) is 3.90. The van der Waals surface area contributed by atoms with Crippen molar-refractivity contribution in [1.29, 1.82) is 0 Å². The van der Waals surface area contributed by atoms with Crippen LogP contribution in [0.5, 0.6) is 5.75 Å². The smallest absolute Gasteiger partial charge is 0.411 e. The summed E-state index contributed by atoms with van der Waals surface area (Å²) in [6, 6.07) is 12.4. The summed E-state index contributed by atoms with van der Waals surface area (Å²) in [4.78, 5) is 29.9. The molecule has 1 aliphatic rings. The number of ether oxygens (including phenoxy) is 2. The van der Waals surface area contributed by atoms with Crippen molar-refractivity contribution < 1.29 is 24.2 Å². The molecule has 2 aromatic rings. The first kappa shape index (κ1) is 20.6. The third-order valence-electron chi connectivity index (χ3n) is 4.48. The van der Waals surface area contributed by atoms with E-state index in [2.05, 4.69) is 4.98 Å². The van der Waals surface area contributed by atoms with Crippen molar-refractivity contribution in [3.05, 3.63) is 48.2 Å². The predicted molar refractivity (Wildman–Crippen MR) is 108 cm³/mol. The van der Waals surface area contributed by atoms with E-state index in [1.807, 2.05) is 43.3 Å². The maximum atomic E-state index is 12.4. The van der Waals surface area contributed by atoms with Gasteiger partial charge in [0.15, 0.2) is 0 Å². The number of carboxylic acid groups (broad SMARTS) is 1. The van der Waals surface area contributed by atoms with Gasteiger partial charge in [0.05, 0.1) is 12.2 Å². The Hall–Kier alpha value is -3.09. The second-order valence-electron chi connectivity index (χ2n) is 8.16. The van der Waals surface area contributed by atoms with Gasteiger partial charge < -0.3 is 14.6 Å². The van der Waals surface area contributed by atoms with Gasteiger partial charge >= 0.3 is 12.1 Å². The third kappa shape index (κ3) is 5.25. The highest BCUT2D eigenvalue weighted by Crippen LogP contribution is 2.28. The number of nitrogens with zero attached hydrogens (tertiary/aromatic N) is 2. The van der Waals surface area contributed by atoms with Crippen molar-refractivity contribution in [2.24, 2.45) is 0 Å². The molecule has 2 unspecified atom stereocenters. The number of pyridine rings is 1. The lowest BCUT2D eigenvalue weighted by Crippen LogP contribution is -2.43. The molecule has 1 aliphatic heterocycles. The van der Waals surface area contributed by atoms with Gasteiger partial charge in [0, 0.05) is 29.8 Å². The van der Waals surface area contributed by atoms with Crippen molar-refractivity contribution in [3.63, 3.8) is 0 Å². The van der Waals surface area contributed by atoms with Crippen LogP contribution in [0.4, 0.5) is 4.79 Å². The van der Waals surface area contributed by atoms with Gasteiger partial charge in [0.2, 0.25) is 0 Å². The van der Waals surface area contributed by atoms with Crippen LogP contribution < -0.4 is 4.74 Å². The number of aryl methyl sites for hydroxylation is 1. The third-order valence-corrected chi connectivity index (χ3v) is 4.48. The average molecular weight is 398 g/mol. The van der Waals surface area contributed by atoms with Gasteiger partial charge in [-0.3, -0.25) is 9.88 Å². The minimum atomic E-state index is -1.07. The molecule has 1 aromatic heterocycles. The van der Waals surface area contributed by atoms with Gasteiger partial charge in [-0.25, -0.2) is 9.59 Å². The first-order valence-electron chi connectivity index (χ1n) is 9.55. The molecule has 7 nitrogen and oxygen atoms in total. The lowest BCUT2D eigenvalue weighted by atomic mass is 10.1. The van der Waals surface area contributed by atoms with Crippen LogP contribution in [0.2, 0.25) is 0 Å². The first-order chi connectivity index (χ1) is 13.6. The van der Waals surface area contributed by atoms with Gasteiger partial charge in [-0.1, -0.05) is 30.3 Å². The summed E-state index contributed by atoms with van der Waals surface area (Å²) >= 11 is 0. The maximum absolute atomic E-state index is 12.4. The topological polar surface area (TPSA) is 89.0 Å². The Balaban J connectivity index is 1.78. The van der Waals surface area contributed by atoms with Gasteiger partial charge in [-0.05, 0) is 27.7 Å². The summed E-state index contributed by atoms with van der Waals surface area (Å²) in [5.74, 6) is -0.477.